The minimum absolute atomic E-state index is 0.211. The molecule has 6 heteroatoms. The van der Waals surface area contributed by atoms with Gasteiger partial charge in [0.05, 0.1) is 18.0 Å². The fourth-order valence-electron chi connectivity index (χ4n) is 3.28. The van der Waals surface area contributed by atoms with Crippen LogP contribution in [0.15, 0.2) is 36.4 Å². The van der Waals surface area contributed by atoms with E-state index in [2.05, 4.69) is 5.32 Å². The summed E-state index contributed by atoms with van der Waals surface area (Å²) in [5.74, 6) is -0.337. The molecule has 2 aromatic carbocycles. The zero-order chi connectivity index (χ0) is 20.4. The number of nitrogens with one attached hydrogen (secondary N) is 1. The van der Waals surface area contributed by atoms with Crippen LogP contribution in [-0.2, 0) is 14.8 Å². The van der Waals surface area contributed by atoms with Crippen molar-refractivity contribution in [3.63, 3.8) is 0 Å². The minimum Gasteiger partial charge on any atom is -0.348 e. The summed E-state index contributed by atoms with van der Waals surface area (Å²) >= 11 is 0. The van der Waals surface area contributed by atoms with Gasteiger partial charge in [0.1, 0.15) is 6.54 Å². The smallest absolute Gasteiger partial charge is 0.241 e. The molecule has 0 bridgehead atoms. The van der Waals surface area contributed by atoms with Gasteiger partial charge >= 0.3 is 0 Å². The predicted octanol–water partition coefficient (Wildman–Crippen LogP) is 3.56. The SMILES string of the molecule is Cc1ccc(C)c(C(C)NC(=O)CN(c2c(C)cccc2C)S(C)(=O)=O)c1. The third-order valence-electron chi connectivity index (χ3n) is 4.66. The highest BCUT2D eigenvalue weighted by Gasteiger charge is 2.24. The zero-order valence-electron chi connectivity index (χ0n) is 16.8. The number of amides is 1. The highest BCUT2D eigenvalue weighted by Crippen LogP contribution is 2.26. The van der Waals surface area contributed by atoms with Gasteiger partial charge < -0.3 is 5.32 Å². The number of rotatable bonds is 6. The van der Waals surface area contributed by atoms with Crippen LogP contribution in [0.3, 0.4) is 0 Å². The average Bonchev–Trinajstić information content (AvgIpc) is 2.55. The van der Waals surface area contributed by atoms with E-state index in [4.69, 9.17) is 0 Å². The highest BCUT2D eigenvalue weighted by atomic mass is 32.2. The lowest BCUT2D eigenvalue weighted by Crippen LogP contribution is -2.41. The maximum atomic E-state index is 12.7. The predicted molar refractivity (Wildman–Crippen MR) is 111 cm³/mol. The Kier molecular flexibility index (Phi) is 6.31. The Morgan fingerprint density at radius 1 is 1.04 bits per heavy atom. The molecule has 0 saturated heterocycles. The molecule has 1 atom stereocenters. The second kappa shape index (κ2) is 8.13. The number of nitrogens with zero attached hydrogens (tertiary/aromatic N) is 1. The van der Waals surface area contributed by atoms with E-state index in [1.54, 1.807) is 0 Å². The number of carbonyl (C=O) groups excluding carboxylic acids is 1. The number of hydrogen-bond acceptors (Lipinski definition) is 3. The van der Waals surface area contributed by atoms with Crippen LogP contribution >= 0.6 is 0 Å². The normalized spacial score (nSPS) is 12.5. The summed E-state index contributed by atoms with van der Waals surface area (Å²) in [5.41, 5.74) is 5.43. The van der Waals surface area contributed by atoms with E-state index in [0.717, 1.165) is 34.1 Å². The van der Waals surface area contributed by atoms with Gasteiger partial charge in [-0.05, 0) is 56.9 Å². The topological polar surface area (TPSA) is 66.5 Å². The molecular formula is C21H28N2O3S. The van der Waals surface area contributed by atoms with Crippen molar-refractivity contribution in [2.24, 2.45) is 0 Å². The molecule has 0 spiro atoms. The molecule has 0 aliphatic rings. The number of hydrogen-bond donors (Lipinski definition) is 1. The Balaban J connectivity index is 2.26. The number of carbonyl (C=O) groups is 1. The Hall–Kier alpha value is -2.34. The molecule has 146 valence electrons. The van der Waals surface area contributed by atoms with Crippen LogP contribution in [0.1, 0.15) is 40.8 Å². The Morgan fingerprint density at radius 3 is 2.19 bits per heavy atom. The van der Waals surface area contributed by atoms with E-state index in [9.17, 15) is 13.2 Å². The van der Waals surface area contributed by atoms with Crippen molar-refractivity contribution in [3.05, 3.63) is 64.2 Å². The monoisotopic (exact) mass is 388 g/mol. The molecule has 0 saturated carbocycles. The van der Waals surface area contributed by atoms with Gasteiger partial charge in [0.15, 0.2) is 0 Å². The first-order chi connectivity index (χ1) is 12.5. The first kappa shape index (κ1) is 21.0. The van der Waals surface area contributed by atoms with Gasteiger partial charge in [-0.3, -0.25) is 9.10 Å². The molecule has 1 unspecified atom stereocenters. The van der Waals surface area contributed by atoms with Crippen molar-refractivity contribution >= 4 is 21.6 Å². The standard InChI is InChI=1S/C21H28N2O3S/c1-14-10-11-15(2)19(12-14)18(5)22-20(24)13-23(27(6,25)26)21-16(3)8-7-9-17(21)4/h7-12,18H,13H2,1-6H3,(H,22,24). The maximum absolute atomic E-state index is 12.7. The summed E-state index contributed by atoms with van der Waals surface area (Å²) in [4.78, 5) is 12.7. The Bertz CT molecular complexity index is 932. The molecular weight excluding hydrogens is 360 g/mol. The average molecular weight is 389 g/mol. The number of anilines is 1. The number of benzene rings is 2. The first-order valence-electron chi connectivity index (χ1n) is 8.91. The van der Waals surface area contributed by atoms with Gasteiger partial charge in [-0.15, -0.1) is 0 Å². The van der Waals surface area contributed by atoms with E-state index in [0.29, 0.717) is 5.69 Å². The number of sulfonamides is 1. The fourth-order valence-corrected chi connectivity index (χ4v) is 4.25. The minimum atomic E-state index is -3.60. The molecule has 0 aliphatic heterocycles. The largest absolute Gasteiger partial charge is 0.348 e. The summed E-state index contributed by atoms with van der Waals surface area (Å²) in [7, 11) is -3.60. The van der Waals surface area contributed by atoms with E-state index >= 15 is 0 Å². The molecule has 0 fully saturated rings. The van der Waals surface area contributed by atoms with Gasteiger partial charge in [0.25, 0.3) is 0 Å². The Labute approximate surface area is 162 Å². The lowest BCUT2D eigenvalue weighted by Gasteiger charge is -2.26. The van der Waals surface area contributed by atoms with Crippen LogP contribution in [0, 0.1) is 27.7 Å². The summed E-state index contributed by atoms with van der Waals surface area (Å²) in [5, 5.41) is 2.93. The van der Waals surface area contributed by atoms with Crippen LogP contribution in [0.5, 0.6) is 0 Å². The summed E-state index contributed by atoms with van der Waals surface area (Å²) < 4.78 is 25.9. The van der Waals surface area contributed by atoms with Crippen LogP contribution in [0.2, 0.25) is 0 Å². The van der Waals surface area contributed by atoms with Gasteiger partial charge in [0, 0.05) is 0 Å². The zero-order valence-corrected chi connectivity index (χ0v) is 17.6. The van der Waals surface area contributed by atoms with Gasteiger partial charge in [0.2, 0.25) is 15.9 Å². The Morgan fingerprint density at radius 2 is 1.63 bits per heavy atom. The van der Waals surface area contributed by atoms with E-state index < -0.39 is 10.0 Å². The van der Waals surface area contributed by atoms with Crippen LogP contribution in [-0.4, -0.2) is 27.1 Å². The first-order valence-corrected chi connectivity index (χ1v) is 10.8. The molecule has 0 aliphatic carbocycles. The lowest BCUT2D eigenvalue weighted by atomic mass is 10.00. The number of para-hydroxylation sites is 1. The molecule has 0 radical (unpaired) electrons. The van der Waals surface area contributed by atoms with Crippen LogP contribution in [0.25, 0.3) is 0 Å². The molecule has 27 heavy (non-hydrogen) atoms. The molecule has 1 N–H and O–H groups in total. The van der Waals surface area contributed by atoms with E-state index in [1.807, 2.05) is 71.0 Å². The van der Waals surface area contributed by atoms with E-state index in [-0.39, 0.29) is 18.5 Å². The molecule has 0 heterocycles. The van der Waals surface area contributed by atoms with Gasteiger partial charge in [-0.2, -0.15) is 0 Å². The summed E-state index contributed by atoms with van der Waals surface area (Å²) in [6, 6.07) is 11.4. The second-order valence-electron chi connectivity index (χ2n) is 7.16. The molecule has 2 aromatic rings. The fraction of sp³-hybridized carbons (Fsp3) is 0.381. The van der Waals surface area contributed by atoms with Crippen LogP contribution in [0.4, 0.5) is 5.69 Å². The molecule has 5 nitrogen and oxygen atoms in total. The van der Waals surface area contributed by atoms with Gasteiger partial charge in [-0.25, -0.2) is 8.42 Å². The van der Waals surface area contributed by atoms with Crippen molar-refractivity contribution in [2.45, 2.75) is 40.7 Å². The third kappa shape index (κ3) is 5.10. The molecule has 0 aromatic heterocycles. The van der Waals surface area contributed by atoms with Crippen LogP contribution < -0.4 is 9.62 Å². The third-order valence-corrected chi connectivity index (χ3v) is 5.77. The highest BCUT2D eigenvalue weighted by molar-refractivity contribution is 7.92. The van der Waals surface area contributed by atoms with Crippen molar-refractivity contribution in [1.82, 2.24) is 5.32 Å². The quantitative estimate of drug-likeness (QED) is 0.823. The van der Waals surface area contributed by atoms with Crippen molar-refractivity contribution < 1.29 is 13.2 Å². The second-order valence-corrected chi connectivity index (χ2v) is 9.07. The number of aryl methyl sites for hydroxylation is 4. The molecule has 1 amide bonds. The van der Waals surface area contributed by atoms with E-state index in [1.165, 1.54) is 4.31 Å². The van der Waals surface area contributed by atoms with Crippen molar-refractivity contribution in [2.75, 3.05) is 17.1 Å². The van der Waals surface area contributed by atoms with Crippen molar-refractivity contribution in [3.8, 4) is 0 Å². The maximum Gasteiger partial charge on any atom is 0.241 e. The summed E-state index contributed by atoms with van der Waals surface area (Å²) in [6.45, 7) is 9.35. The van der Waals surface area contributed by atoms with Gasteiger partial charge in [-0.1, -0.05) is 42.0 Å². The lowest BCUT2D eigenvalue weighted by molar-refractivity contribution is -0.120. The molecule has 2 rings (SSSR count). The van der Waals surface area contributed by atoms with Crippen molar-refractivity contribution in [1.29, 1.82) is 0 Å². The summed E-state index contributed by atoms with van der Waals surface area (Å²) in [6.07, 6.45) is 1.13.